The number of rotatable bonds is 8. The van der Waals surface area contributed by atoms with Gasteiger partial charge in [0.25, 0.3) is 0 Å². The molecule has 2 aromatic rings. The third-order valence-electron chi connectivity index (χ3n) is 3.49. The van der Waals surface area contributed by atoms with Crippen LogP contribution < -0.4 is 9.47 Å². The first-order valence-corrected chi connectivity index (χ1v) is 8.01. The van der Waals surface area contributed by atoms with Gasteiger partial charge in [-0.15, -0.1) is 0 Å². The van der Waals surface area contributed by atoms with Crippen LogP contribution in [0, 0.1) is 11.3 Å². The van der Waals surface area contributed by atoms with Crippen LogP contribution >= 0.6 is 0 Å². The summed E-state index contributed by atoms with van der Waals surface area (Å²) in [6.45, 7) is 1.65. The fourth-order valence-corrected chi connectivity index (χ4v) is 2.28. The van der Waals surface area contributed by atoms with Crippen molar-refractivity contribution < 1.29 is 29.3 Å². The molecule has 27 heavy (non-hydrogen) atoms. The van der Waals surface area contributed by atoms with Crippen molar-refractivity contribution in [3.63, 3.8) is 0 Å². The van der Waals surface area contributed by atoms with Crippen LogP contribution in [0.4, 0.5) is 0 Å². The maximum absolute atomic E-state index is 10.9. The summed E-state index contributed by atoms with van der Waals surface area (Å²) < 4.78 is 10.7. The van der Waals surface area contributed by atoms with Crippen molar-refractivity contribution in [2.24, 2.45) is 0 Å². The molecule has 0 unspecified atom stereocenters. The first kappa shape index (κ1) is 19.5. The molecule has 0 aliphatic carbocycles. The molecule has 2 N–H and O–H groups in total. The number of aliphatic carboxylic acids is 1. The topological polar surface area (TPSA) is 117 Å². The Morgan fingerprint density at radius 2 is 1.70 bits per heavy atom. The number of nitrogens with zero attached hydrogens (tertiary/aromatic N) is 1. The number of carbonyl (C=O) groups is 2. The number of carboxylic acid groups (broad SMARTS) is 2. The minimum atomic E-state index is -1.10. The smallest absolute Gasteiger partial charge is 0.341 e. The van der Waals surface area contributed by atoms with E-state index in [9.17, 15) is 14.9 Å². The number of hydrogen-bond donors (Lipinski definition) is 2. The van der Waals surface area contributed by atoms with Crippen molar-refractivity contribution in [1.29, 1.82) is 5.26 Å². The molecule has 7 nitrogen and oxygen atoms in total. The van der Waals surface area contributed by atoms with Crippen molar-refractivity contribution in [2.45, 2.75) is 6.92 Å². The molecule has 2 aromatic carbocycles. The van der Waals surface area contributed by atoms with Gasteiger partial charge in [0.15, 0.2) is 18.1 Å². The summed E-state index contributed by atoms with van der Waals surface area (Å²) in [4.78, 5) is 21.6. The predicted molar refractivity (Wildman–Crippen MR) is 97.6 cm³/mol. The summed E-state index contributed by atoms with van der Waals surface area (Å²) in [5.74, 6) is -1.48. The second-order valence-electron chi connectivity index (χ2n) is 5.37. The Morgan fingerprint density at radius 1 is 1.04 bits per heavy atom. The molecule has 0 bridgehead atoms. The van der Waals surface area contributed by atoms with Gasteiger partial charge < -0.3 is 19.7 Å². The largest absolute Gasteiger partial charge is 0.490 e. The van der Waals surface area contributed by atoms with Crippen LogP contribution in [0.3, 0.4) is 0 Å². The number of carboxylic acids is 2. The summed E-state index contributed by atoms with van der Waals surface area (Å²) in [6.07, 6.45) is 1.62. The van der Waals surface area contributed by atoms with E-state index in [1.165, 1.54) is 12.1 Å². The second-order valence-corrected chi connectivity index (χ2v) is 5.37. The lowest BCUT2D eigenvalue weighted by Gasteiger charge is -2.11. The number of allylic oxidation sites excluding steroid dienone is 1. The molecule has 0 spiro atoms. The molecule has 0 heterocycles. The van der Waals surface area contributed by atoms with Gasteiger partial charge in [-0.05, 0) is 48.4 Å². The molecule has 0 aliphatic heterocycles. The van der Waals surface area contributed by atoms with Crippen molar-refractivity contribution in [3.05, 3.63) is 59.2 Å². The van der Waals surface area contributed by atoms with Crippen LogP contribution in [0.5, 0.6) is 11.5 Å². The zero-order chi connectivity index (χ0) is 19.8. The molecule has 2 rings (SSSR count). The number of hydrogen-bond acceptors (Lipinski definition) is 5. The van der Waals surface area contributed by atoms with E-state index in [1.54, 1.807) is 43.3 Å². The quantitative estimate of drug-likeness (QED) is 0.543. The van der Waals surface area contributed by atoms with Gasteiger partial charge in [-0.3, -0.25) is 0 Å². The summed E-state index contributed by atoms with van der Waals surface area (Å²) in [5.41, 5.74) is 1.70. The number of aromatic carboxylic acids is 1. The Morgan fingerprint density at radius 3 is 2.26 bits per heavy atom. The van der Waals surface area contributed by atoms with E-state index in [-0.39, 0.29) is 5.56 Å². The minimum Gasteiger partial charge on any atom is -0.490 e. The first-order valence-electron chi connectivity index (χ1n) is 8.01. The lowest BCUT2D eigenvalue weighted by atomic mass is 10.0. The Balaban J connectivity index is 2.34. The molecular formula is C20H17NO6. The van der Waals surface area contributed by atoms with E-state index in [0.29, 0.717) is 34.8 Å². The third-order valence-corrected chi connectivity index (χ3v) is 3.49. The maximum Gasteiger partial charge on any atom is 0.341 e. The fourth-order valence-electron chi connectivity index (χ4n) is 2.28. The van der Waals surface area contributed by atoms with Crippen LogP contribution in [-0.2, 0) is 4.79 Å². The standard InChI is InChI=1S/C20H17NO6/c1-2-26-18-10-13(3-8-17(18)27-12-19(22)23)9-16(11-21)14-4-6-15(7-5-14)20(24)25/h3-10H,2,12H2,1H3,(H,22,23)(H,24,25)/b16-9-. The van der Waals surface area contributed by atoms with Crippen LogP contribution in [0.25, 0.3) is 11.6 Å². The van der Waals surface area contributed by atoms with Gasteiger partial charge in [0.2, 0.25) is 0 Å². The highest BCUT2D eigenvalue weighted by molar-refractivity contribution is 5.92. The molecular weight excluding hydrogens is 350 g/mol. The van der Waals surface area contributed by atoms with Crippen LogP contribution in [-0.4, -0.2) is 35.4 Å². The van der Waals surface area contributed by atoms with E-state index in [0.717, 1.165) is 0 Å². The maximum atomic E-state index is 10.9. The Labute approximate surface area is 155 Å². The highest BCUT2D eigenvalue weighted by Crippen LogP contribution is 2.30. The highest BCUT2D eigenvalue weighted by Gasteiger charge is 2.10. The Bertz CT molecular complexity index is 909. The van der Waals surface area contributed by atoms with Crippen molar-refractivity contribution in [3.8, 4) is 17.6 Å². The van der Waals surface area contributed by atoms with Gasteiger partial charge in [0.05, 0.1) is 23.8 Å². The molecule has 7 heteroatoms. The Hall–Kier alpha value is -3.79. The fraction of sp³-hybridized carbons (Fsp3) is 0.150. The van der Waals surface area contributed by atoms with Crippen LogP contribution in [0.15, 0.2) is 42.5 Å². The lowest BCUT2D eigenvalue weighted by molar-refractivity contribution is -0.139. The van der Waals surface area contributed by atoms with Gasteiger partial charge in [0, 0.05) is 0 Å². The minimum absolute atomic E-state index is 0.134. The number of ether oxygens (including phenoxy) is 2. The predicted octanol–water partition coefficient (Wildman–Crippen LogP) is 3.31. The van der Waals surface area contributed by atoms with Crippen molar-refractivity contribution in [1.82, 2.24) is 0 Å². The SMILES string of the molecule is CCOc1cc(/C=C(/C#N)c2ccc(C(=O)O)cc2)ccc1OCC(=O)O. The average Bonchev–Trinajstić information content (AvgIpc) is 2.65. The van der Waals surface area contributed by atoms with Crippen LogP contribution in [0.1, 0.15) is 28.4 Å². The zero-order valence-corrected chi connectivity index (χ0v) is 14.5. The zero-order valence-electron chi connectivity index (χ0n) is 14.5. The first-order chi connectivity index (χ1) is 12.9. The molecule has 0 aromatic heterocycles. The highest BCUT2D eigenvalue weighted by atomic mass is 16.5. The summed E-state index contributed by atoms with van der Waals surface area (Å²) in [6, 6.07) is 12.9. The summed E-state index contributed by atoms with van der Waals surface area (Å²) in [5, 5.41) is 27.1. The summed E-state index contributed by atoms with van der Waals surface area (Å²) in [7, 11) is 0. The van der Waals surface area contributed by atoms with E-state index in [1.807, 2.05) is 0 Å². The van der Waals surface area contributed by atoms with Crippen molar-refractivity contribution >= 4 is 23.6 Å². The van der Waals surface area contributed by atoms with E-state index in [4.69, 9.17) is 19.7 Å². The average molecular weight is 367 g/mol. The molecule has 0 aliphatic rings. The number of benzene rings is 2. The monoisotopic (exact) mass is 367 g/mol. The third kappa shape index (κ3) is 5.34. The lowest BCUT2D eigenvalue weighted by Crippen LogP contribution is -2.10. The molecule has 0 atom stereocenters. The van der Waals surface area contributed by atoms with Gasteiger partial charge >= 0.3 is 11.9 Å². The summed E-state index contributed by atoms with van der Waals surface area (Å²) >= 11 is 0. The Kier molecular flexibility index (Phi) is 6.55. The van der Waals surface area contributed by atoms with E-state index < -0.39 is 18.5 Å². The molecule has 0 radical (unpaired) electrons. The van der Waals surface area contributed by atoms with Gasteiger partial charge in [-0.1, -0.05) is 18.2 Å². The van der Waals surface area contributed by atoms with E-state index in [2.05, 4.69) is 6.07 Å². The molecule has 0 amide bonds. The van der Waals surface area contributed by atoms with E-state index >= 15 is 0 Å². The van der Waals surface area contributed by atoms with Gasteiger partial charge in [0.1, 0.15) is 0 Å². The number of nitriles is 1. The van der Waals surface area contributed by atoms with Gasteiger partial charge in [-0.25, -0.2) is 9.59 Å². The molecule has 0 fully saturated rings. The van der Waals surface area contributed by atoms with Crippen LogP contribution in [0.2, 0.25) is 0 Å². The molecule has 0 saturated carbocycles. The normalized spacial score (nSPS) is 10.7. The molecule has 138 valence electrons. The van der Waals surface area contributed by atoms with Crippen molar-refractivity contribution in [2.75, 3.05) is 13.2 Å². The van der Waals surface area contributed by atoms with Gasteiger partial charge in [-0.2, -0.15) is 5.26 Å². The molecule has 0 saturated heterocycles. The second kappa shape index (κ2) is 9.06.